The summed E-state index contributed by atoms with van der Waals surface area (Å²) in [6.07, 6.45) is 5.47. The number of likely N-dealkylation sites (N-methyl/N-ethyl adjacent to an activating group) is 1. The van der Waals surface area contributed by atoms with Crippen LogP contribution in [0, 0.1) is 5.92 Å². The van der Waals surface area contributed by atoms with Crippen LogP contribution >= 0.6 is 11.6 Å². The number of nitrogens with one attached hydrogen (secondary N) is 1. The predicted molar refractivity (Wildman–Crippen MR) is 76.0 cm³/mol. The van der Waals surface area contributed by atoms with E-state index in [1.165, 1.54) is 25.7 Å². The molecule has 0 radical (unpaired) electrons. The Balaban J connectivity index is 1.85. The molecule has 1 aliphatic carbocycles. The highest BCUT2D eigenvalue weighted by atomic mass is 35.5. The molecule has 0 bridgehead atoms. The van der Waals surface area contributed by atoms with E-state index in [4.69, 9.17) is 16.3 Å². The number of benzene rings is 1. The molecule has 1 aromatic rings. The Bertz CT molecular complexity index is 365. The van der Waals surface area contributed by atoms with Gasteiger partial charge in [-0.05, 0) is 37.1 Å². The lowest BCUT2D eigenvalue weighted by molar-refractivity contribution is 0.0383. The average molecular weight is 268 g/mol. The van der Waals surface area contributed by atoms with Crippen molar-refractivity contribution in [3.05, 3.63) is 34.9 Å². The topological polar surface area (TPSA) is 21.3 Å². The van der Waals surface area contributed by atoms with Crippen molar-refractivity contribution in [2.24, 2.45) is 5.92 Å². The molecule has 0 spiro atoms. The van der Waals surface area contributed by atoms with Crippen molar-refractivity contribution < 1.29 is 4.74 Å². The van der Waals surface area contributed by atoms with E-state index in [9.17, 15) is 0 Å². The van der Waals surface area contributed by atoms with Gasteiger partial charge < -0.3 is 10.1 Å². The third kappa shape index (κ3) is 3.98. The number of rotatable bonds is 7. The fourth-order valence-corrected chi connectivity index (χ4v) is 2.52. The van der Waals surface area contributed by atoms with Gasteiger partial charge in [0.15, 0.2) is 0 Å². The van der Waals surface area contributed by atoms with Gasteiger partial charge in [0.1, 0.15) is 0 Å². The molecule has 1 aromatic carbocycles. The van der Waals surface area contributed by atoms with Crippen LogP contribution in [-0.4, -0.2) is 20.2 Å². The van der Waals surface area contributed by atoms with Gasteiger partial charge in [-0.15, -0.1) is 0 Å². The Morgan fingerprint density at radius 1 is 1.44 bits per heavy atom. The Morgan fingerprint density at radius 2 is 2.28 bits per heavy atom. The van der Waals surface area contributed by atoms with Crippen LogP contribution in [0.4, 0.5) is 0 Å². The molecule has 0 saturated heterocycles. The second-order valence-corrected chi connectivity index (χ2v) is 5.49. The lowest BCUT2D eigenvalue weighted by Crippen LogP contribution is -2.21. The molecule has 2 nitrogen and oxygen atoms in total. The second kappa shape index (κ2) is 7.13. The summed E-state index contributed by atoms with van der Waals surface area (Å²) in [7, 11) is 1.95. The third-order valence-corrected chi connectivity index (χ3v) is 3.91. The molecule has 18 heavy (non-hydrogen) atoms. The fourth-order valence-electron chi connectivity index (χ4n) is 2.32. The fraction of sp³-hybridized carbons (Fsp3) is 0.600. The van der Waals surface area contributed by atoms with Gasteiger partial charge in [-0.2, -0.15) is 0 Å². The molecule has 1 fully saturated rings. The maximum Gasteiger partial charge on any atom is 0.0949 e. The standard InChI is InChI=1S/C15H22ClNO/c1-17-11-15(13-6-3-7-14(16)10-13)18-9-8-12-4-2-5-12/h3,6-7,10,12,15,17H,2,4-5,8-9,11H2,1H3. The predicted octanol–water partition coefficient (Wildman–Crippen LogP) is 3.81. The normalized spacial score (nSPS) is 17.4. The molecule has 1 N–H and O–H groups in total. The second-order valence-electron chi connectivity index (χ2n) is 5.06. The summed E-state index contributed by atoms with van der Waals surface area (Å²) in [5, 5.41) is 3.96. The number of hydrogen-bond donors (Lipinski definition) is 1. The molecule has 3 heteroatoms. The quantitative estimate of drug-likeness (QED) is 0.811. The van der Waals surface area contributed by atoms with Crippen molar-refractivity contribution in [2.45, 2.75) is 31.8 Å². The highest BCUT2D eigenvalue weighted by molar-refractivity contribution is 6.30. The highest BCUT2D eigenvalue weighted by Crippen LogP contribution is 2.30. The van der Waals surface area contributed by atoms with Crippen molar-refractivity contribution >= 4 is 11.6 Å². The highest BCUT2D eigenvalue weighted by Gasteiger charge is 2.18. The zero-order valence-electron chi connectivity index (χ0n) is 11.0. The van der Waals surface area contributed by atoms with Crippen LogP contribution < -0.4 is 5.32 Å². The number of ether oxygens (including phenoxy) is 1. The van der Waals surface area contributed by atoms with Crippen molar-refractivity contribution in [3.63, 3.8) is 0 Å². The molecule has 2 rings (SSSR count). The smallest absolute Gasteiger partial charge is 0.0949 e. The van der Waals surface area contributed by atoms with Gasteiger partial charge in [0.05, 0.1) is 6.10 Å². The van der Waals surface area contributed by atoms with Gasteiger partial charge in [-0.25, -0.2) is 0 Å². The van der Waals surface area contributed by atoms with Crippen LogP contribution in [0.15, 0.2) is 24.3 Å². The zero-order valence-corrected chi connectivity index (χ0v) is 11.7. The molecule has 0 aliphatic heterocycles. The summed E-state index contributed by atoms with van der Waals surface area (Å²) in [6, 6.07) is 7.95. The zero-order chi connectivity index (χ0) is 12.8. The van der Waals surface area contributed by atoms with Crippen LogP contribution in [0.1, 0.15) is 37.4 Å². The monoisotopic (exact) mass is 267 g/mol. The maximum atomic E-state index is 6.03. The first-order valence-electron chi connectivity index (χ1n) is 6.81. The summed E-state index contributed by atoms with van der Waals surface area (Å²) >= 11 is 6.03. The Morgan fingerprint density at radius 3 is 2.89 bits per heavy atom. The van der Waals surface area contributed by atoms with Crippen molar-refractivity contribution in [1.82, 2.24) is 5.32 Å². The molecule has 0 heterocycles. The van der Waals surface area contributed by atoms with E-state index in [1.807, 2.05) is 25.2 Å². The first-order valence-corrected chi connectivity index (χ1v) is 7.19. The van der Waals surface area contributed by atoms with Crippen LogP contribution in [0.25, 0.3) is 0 Å². The molecular weight excluding hydrogens is 246 g/mol. The van der Waals surface area contributed by atoms with Crippen molar-refractivity contribution in [1.29, 1.82) is 0 Å². The van der Waals surface area contributed by atoms with Crippen molar-refractivity contribution in [3.8, 4) is 0 Å². The van der Waals surface area contributed by atoms with Gasteiger partial charge >= 0.3 is 0 Å². The molecular formula is C15H22ClNO. The Kier molecular flexibility index (Phi) is 5.48. The van der Waals surface area contributed by atoms with Crippen LogP contribution in [0.3, 0.4) is 0 Å². The van der Waals surface area contributed by atoms with Gasteiger partial charge in [-0.3, -0.25) is 0 Å². The van der Waals surface area contributed by atoms with E-state index in [1.54, 1.807) is 0 Å². The van der Waals surface area contributed by atoms with Gasteiger partial charge in [-0.1, -0.05) is 43.0 Å². The first-order chi connectivity index (χ1) is 8.79. The summed E-state index contributed by atoms with van der Waals surface area (Å²) in [5.74, 6) is 0.902. The van der Waals surface area contributed by atoms with Crippen molar-refractivity contribution in [2.75, 3.05) is 20.2 Å². The molecule has 1 atom stereocenters. The summed E-state index contributed by atoms with van der Waals surface area (Å²) in [4.78, 5) is 0. The van der Waals surface area contributed by atoms with Gasteiger partial charge in [0.25, 0.3) is 0 Å². The molecule has 1 saturated carbocycles. The lowest BCUT2D eigenvalue weighted by Gasteiger charge is -2.26. The van der Waals surface area contributed by atoms with Gasteiger partial charge in [0.2, 0.25) is 0 Å². The number of hydrogen-bond acceptors (Lipinski definition) is 2. The molecule has 0 aromatic heterocycles. The maximum absolute atomic E-state index is 6.03. The lowest BCUT2D eigenvalue weighted by atomic mass is 9.83. The summed E-state index contributed by atoms with van der Waals surface area (Å²) in [6.45, 7) is 1.68. The minimum atomic E-state index is 0.105. The van der Waals surface area contributed by atoms with E-state index in [2.05, 4.69) is 11.4 Å². The minimum absolute atomic E-state index is 0.105. The first kappa shape index (κ1) is 13.9. The van der Waals surface area contributed by atoms with E-state index in [0.29, 0.717) is 0 Å². The molecule has 100 valence electrons. The van der Waals surface area contributed by atoms with E-state index in [0.717, 1.165) is 29.7 Å². The SMILES string of the molecule is CNCC(OCCC1CCC1)c1cccc(Cl)c1. The Hall–Kier alpha value is -0.570. The largest absolute Gasteiger partial charge is 0.372 e. The third-order valence-electron chi connectivity index (χ3n) is 3.68. The number of halogens is 1. The van der Waals surface area contributed by atoms with E-state index in [-0.39, 0.29) is 6.10 Å². The molecule has 1 unspecified atom stereocenters. The van der Waals surface area contributed by atoms with E-state index >= 15 is 0 Å². The summed E-state index contributed by atoms with van der Waals surface area (Å²) < 4.78 is 6.01. The van der Waals surface area contributed by atoms with Gasteiger partial charge in [0, 0.05) is 18.2 Å². The summed E-state index contributed by atoms with van der Waals surface area (Å²) in [5.41, 5.74) is 1.16. The van der Waals surface area contributed by atoms with Crippen LogP contribution in [0.5, 0.6) is 0 Å². The molecule has 1 aliphatic rings. The minimum Gasteiger partial charge on any atom is -0.372 e. The Labute approximate surface area is 115 Å². The van der Waals surface area contributed by atoms with E-state index < -0.39 is 0 Å². The van der Waals surface area contributed by atoms with Crippen LogP contribution in [0.2, 0.25) is 5.02 Å². The molecule has 0 amide bonds. The average Bonchev–Trinajstić information content (AvgIpc) is 2.31. The van der Waals surface area contributed by atoms with Crippen LogP contribution in [-0.2, 0) is 4.74 Å².